The molecule has 1 aliphatic heterocycles. The van der Waals surface area contributed by atoms with Crippen molar-refractivity contribution in [3.63, 3.8) is 0 Å². The Balaban J connectivity index is 1.26. The first-order chi connectivity index (χ1) is 22.9. The van der Waals surface area contributed by atoms with E-state index in [9.17, 15) is 18.4 Å². The van der Waals surface area contributed by atoms with Gasteiger partial charge in [-0.05, 0) is 60.0 Å². The van der Waals surface area contributed by atoms with Gasteiger partial charge >= 0.3 is 0 Å². The molecule has 47 heavy (non-hydrogen) atoms. The zero-order valence-corrected chi connectivity index (χ0v) is 26.9. The summed E-state index contributed by atoms with van der Waals surface area (Å²) in [6.45, 7) is -0.0630. The van der Waals surface area contributed by atoms with Gasteiger partial charge in [0.15, 0.2) is 22.5 Å². The molecule has 0 radical (unpaired) electrons. The van der Waals surface area contributed by atoms with Crippen molar-refractivity contribution in [2.75, 3.05) is 20.0 Å². The Labute approximate surface area is 277 Å². The fourth-order valence-electron chi connectivity index (χ4n) is 5.19. The molecule has 1 atom stereocenters. The fraction of sp³-hybridized carbons (Fsp3) is 0.182. The molecule has 0 spiro atoms. The molecule has 6 rings (SSSR count). The largest absolute Gasteiger partial charge is 0.493 e. The summed E-state index contributed by atoms with van der Waals surface area (Å²) in [6.07, 6.45) is 0.474. The Bertz CT molecular complexity index is 1930. The first-order valence-corrected chi connectivity index (χ1v) is 16.2. The van der Waals surface area contributed by atoms with E-state index in [1.165, 1.54) is 35.3 Å². The van der Waals surface area contributed by atoms with Gasteiger partial charge in [0.1, 0.15) is 11.6 Å². The molecule has 240 valence electrons. The van der Waals surface area contributed by atoms with Crippen LogP contribution in [0.15, 0.2) is 94.5 Å². The molecule has 0 bridgehead atoms. The van der Waals surface area contributed by atoms with E-state index in [2.05, 4.69) is 15.5 Å². The van der Waals surface area contributed by atoms with Gasteiger partial charge in [-0.2, -0.15) is 5.10 Å². The molecule has 0 saturated heterocycles. The van der Waals surface area contributed by atoms with Crippen molar-refractivity contribution in [2.45, 2.75) is 24.2 Å². The van der Waals surface area contributed by atoms with E-state index in [4.69, 9.17) is 14.6 Å². The standard InChI is InChI=1S/C33H28F2N6O4S2/c1-44-27-9-4-8-24(31(27)45-2)26-17-25(28-10-5-15-46-28)39-41(26)30(42)19-47-33-38-37-29(40(33)23-13-11-21(34)12-14-23)18-36-32(43)20-6-3-7-22(35)16-20/h3-16,26H,17-19H2,1-2H3,(H,36,43)/t26-/m0/s1. The summed E-state index contributed by atoms with van der Waals surface area (Å²) >= 11 is 2.67. The second kappa shape index (κ2) is 14.1. The lowest BCUT2D eigenvalue weighted by Gasteiger charge is -2.24. The lowest BCUT2D eigenvalue weighted by Crippen LogP contribution is -2.29. The van der Waals surface area contributed by atoms with E-state index in [0.717, 1.165) is 34.0 Å². The van der Waals surface area contributed by atoms with Crippen molar-refractivity contribution in [1.82, 2.24) is 25.1 Å². The van der Waals surface area contributed by atoms with Gasteiger partial charge in [0.25, 0.3) is 11.8 Å². The number of nitrogens with zero attached hydrogens (tertiary/aromatic N) is 5. The Morgan fingerprint density at radius 3 is 2.51 bits per heavy atom. The van der Waals surface area contributed by atoms with Crippen LogP contribution in [0.2, 0.25) is 0 Å². The van der Waals surface area contributed by atoms with Crippen LogP contribution in [0.4, 0.5) is 8.78 Å². The number of para-hydroxylation sites is 1. The second-order valence-electron chi connectivity index (χ2n) is 10.3. The monoisotopic (exact) mass is 674 g/mol. The maximum Gasteiger partial charge on any atom is 0.253 e. The van der Waals surface area contributed by atoms with E-state index in [0.29, 0.717) is 34.6 Å². The van der Waals surface area contributed by atoms with Crippen LogP contribution in [0, 0.1) is 11.6 Å². The Hall–Kier alpha value is -5.08. The van der Waals surface area contributed by atoms with Crippen LogP contribution in [-0.2, 0) is 11.3 Å². The number of hydrazone groups is 1. The maximum absolute atomic E-state index is 13.9. The number of methoxy groups -OCH3 is 2. The van der Waals surface area contributed by atoms with E-state index in [-0.39, 0.29) is 23.8 Å². The van der Waals surface area contributed by atoms with Gasteiger partial charge < -0.3 is 14.8 Å². The lowest BCUT2D eigenvalue weighted by molar-refractivity contribution is -0.130. The fourth-order valence-corrected chi connectivity index (χ4v) is 6.73. The number of benzene rings is 3. The zero-order chi connectivity index (χ0) is 32.9. The number of nitrogens with one attached hydrogen (secondary N) is 1. The highest BCUT2D eigenvalue weighted by Crippen LogP contribution is 2.42. The molecule has 0 unspecified atom stereocenters. The van der Waals surface area contributed by atoms with Gasteiger partial charge in [-0.15, -0.1) is 21.5 Å². The third-order valence-electron chi connectivity index (χ3n) is 7.37. The summed E-state index contributed by atoms with van der Waals surface area (Å²) in [5, 5.41) is 19.8. The van der Waals surface area contributed by atoms with E-state index in [1.807, 2.05) is 29.6 Å². The number of amides is 2. The number of hydrogen-bond donors (Lipinski definition) is 1. The molecule has 3 aromatic carbocycles. The number of thioether (sulfide) groups is 1. The number of ether oxygens (including phenoxy) is 2. The summed E-state index contributed by atoms with van der Waals surface area (Å²) in [6, 6.07) is 20.0. The minimum Gasteiger partial charge on any atom is -0.493 e. The van der Waals surface area contributed by atoms with Crippen molar-refractivity contribution >= 4 is 40.6 Å². The molecule has 14 heteroatoms. The average Bonchev–Trinajstić information content (AvgIpc) is 3.86. The highest BCUT2D eigenvalue weighted by molar-refractivity contribution is 7.99. The minimum absolute atomic E-state index is 0.0566. The molecule has 2 amide bonds. The van der Waals surface area contributed by atoms with Gasteiger partial charge in [0.05, 0.1) is 43.1 Å². The highest BCUT2D eigenvalue weighted by atomic mass is 32.2. The van der Waals surface area contributed by atoms with Crippen molar-refractivity contribution in [2.24, 2.45) is 5.10 Å². The summed E-state index contributed by atoms with van der Waals surface area (Å²) in [5.41, 5.74) is 2.21. The number of thiophene rings is 1. The number of halogens is 2. The number of rotatable bonds is 11. The molecule has 1 N–H and O–H groups in total. The van der Waals surface area contributed by atoms with Gasteiger partial charge in [0.2, 0.25) is 0 Å². The maximum atomic E-state index is 13.9. The molecule has 5 aromatic rings. The third kappa shape index (κ3) is 6.88. The molecule has 3 heterocycles. The van der Waals surface area contributed by atoms with Crippen LogP contribution in [0.3, 0.4) is 0 Å². The first kappa shape index (κ1) is 31.9. The normalized spacial score (nSPS) is 14.2. The van der Waals surface area contributed by atoms with E-state index in [1.54, 1.807) is 48.3 Å². The zero-order valence-electron chi connectivity index (χ0n) is 25.2. The molecule has 2 aromatic heterocycles. The Morgan fingerprint density at radius 1 is 0.979 bits per heavy atom. The van der Waals surface area contributed by atoms with Gasteiger partial charge in [0, 0.05) is 23.2 Å². The molecular weight excluding hydrogens is 647 g/mol. The molecule has 0 aliphatic carbocycles. The summed E-state index contributed by atoms with van der Waals surface area (Å²) in [5.74, 6) is -0.420. The average molecular weight is 675 g/mol. The number of hydrogen-bond acceptors (Lipinski definition) is 9. The van der Waals surface area contributed by atoms with E-state index >= 15 is 0 Å². The van der Waals surface area contributed by atoms with Crippen LogP contribution in [-0.4, -0.2) is 57.3 Å². The van der Waals surface area contributed by atoms with Gasteiger partial charge in [-0.1, -0.05) is 36.0 Å². The third-order valence-corrected chi connectivity index (χ3v) is 9.20. The topological polar surface area (TPSA) is 111 Å². The lowest BCUT2D eigenvalue weighted by atomic mass is 9.99. The van der Waals surface area contributed by atoms with Crippen molar-refractivity contribution in [1.29, 1.82) is 0 Å². The first-order valence-electron chi connectivity index (χ1n) is 14.4. The summed E-state index contributed by atoms with van der Waals surface area (Å²) < 4.78 is 40.3. The number of aromatic nitrogens is 3. The van der Waals surface area contributed by atoms with Crippen LogP contribution < -0.4 is 14.8 Å². The van der Waals surface area contributed by atoms with Gasteiger partial charge in [-0.3, -0.25) is 14.2 Å². The number of carbonyl (C=O) groups is 2. The molecule has 0 saturated carbocycles. The Kier molecular flexibility index (Phi) is 9.59. The van der Waals surface area contributed by atoms with Crippen LogP contribution in [0.1, 0.15) is 39.1 Å². The van der Waals surface area contributed by atoms with E-state index < -0.39 is 23.6 Å². The highest BCUT2D eigenvalue weighted by Gasteiger charge is 2.36. The molecular formula is C33H28F2N6O4S2. The predicted molar refractivity (Wildman–Crippen MR) is 174 cm³/mol. The second-order valence-corrected chi connectivity index (χ2v) is 12.1. The Morgan fingerprint density at radius 2 is 1.79 bits per heavy atom. The van der Waals surface area contributed by atoms with Gasteiger partial charge in [-0.25, -0.2) is 13.8 Å². The molecule has 1 aliphatic rings. The smallest absolute Gasteiger partial charge is 0.253 e. The molecule has 10 nitrogen and oxygen atoms in total. The summed E-state index contributed by atoms with van der Waals surface area (Å²) in [4.78, 5) is 27.6. The summed E-state index contributed by atoms with van der Waals surface area (Å²) in [7, 11) is 3.11. The quantitative estimate of drug-likeness (QED) is 0.171. The van der Waals surface area contributed by atoms with Crippen molar-refractivity contribution in [3.8, 4) is 17.2 Å². The number of carbonyl (C=O) groups excluding carboxylic acids is 2. The van der Waals surface area contributed by atoms with Crippen molar-refractivity contribution < 1.29 is 27.8 Å². The SMILES string of the molecule is COc1cccc([C@@H]2CC(c3cccs3)=NN2C(=O)CSc2nnc(CNC(=O)c3cccc(F)c3)n2-c2ccc(F)cc2)c1OC. The minimum atomic E-state index is -0.535. The molecule has 0 fully saturated rings. The van der Waals surface area contributed by atoms with Crippen molar-refractivity contribution in [3.05, 3.63) is 118 Å². The van der Waals surface area contributed by atoms with Crippen LogP contribution in [0.25, 0.3) is 5.69 Å². The van der Waals surface area contributed by atoms with Crippen LogP contribution in [0.5, 0.6) is 11.5 Å². The predicted octanol–water partition coefficient (Wildman–Crippen LogP) is 6.02. The van der Waals surface area contributed by atoms with Crippen LogP contribution >= 0.6 is 23.1 Å².